The normalized spacial score (nSPS) is 11.9. The summed E-state index contributed by atoms with van der Waals surface area (Å²) >= 11 is 0. The molecule has 0 unspecified atom stereocenters. The predicted octanol–water partition coefficient (Wildman–Crippen LogP) is 2.61. The summed E-state index contributed by atoms with van der Waals surface area (Å²) < 4.78 is 4.19. The van der Waals surface area contributed by atoms with Gasteiger partial charge in [-0.15, -0.1) is 21.9 Å². The van der Waals surface area contributed by atoms with Gasteiger partial charge in [-0.3, -0.25) is 0 Å². The Morgan fingerprint density at radius 2 is 0.695 bits per heavy atom. The fourth-order valence-corrected chi connectivity index (χ4v) is 9.27. The molecule has 16 radical (unpaired) electrons. The minimum Gasteiger partial charge on any atom is -0.311 e. The van der Waals surface area contributed by atoms with Gasteiger partial charge in [0.2, 0.25) is 0 Å². The van der Waals surface area contributed by atoms with Gasteiger partial charge < -0.3 is 9.13 Å². The number of aromatic nitrogens is 2. The number of hydrogen-bond acceptors (Lipinski definition) is 0. The summed E-state index contributed by atoms with van der Waals surface area (Å²) in [5.41, 5.74) is 10.4. The molecule has 0 atom stereocenters. The Morgan fingerprint density at radius 3 is 1.19 bits per heavy atom. The van der Waals surface area contributed by atoms with Gasteiger partial charge in [-0.1, -0.05) is 143 Å². The van der Waals surface area contributed by atoms with Crippen LogP contribution >= 0.6 is 0 Å². The zero-order chi connectivity index (χ0) is 40.7. The van der Waals surface area contributed by atoms with Crippen molar-refractivity contribution in [2.75, 3.05) is 0 Å². The highest BCUT2D eigenvalue weighted by molar-refractivity contribution is 6.71. The van der Waals surface area contributed by atoms with E-state index in [1.807, 2.05) is 16.7 Å². The third-order valence-corrected chi connectivity index (χ3v) is 12.1. The van der Waals surface area contributed by atoms with Crippen molar-refractivity contribution in [2.45, 2.75) is 5.41 Å². The molecule has 0 fully saturated rings. The molecule has 2 aromatic heterocycles. The Bertz CT molecular complexity index is 3110. The monoisotopic (exact) mass is 730 g/mol. The first-order valence-electron chi connectivity index (χ1n) is 19.3. The Morgan fingerprint density at radius 1 is 0.305 bits per heavy atom. The quantitative estimate of drug-likeness (QED) is 0.184. The number of nitrogens with zero attached hydrogens (tertiary/aromatic N) is 2. The summed E-state index contributed by atoms with van der Waals surface area (Å²) in [4.78, 5) is 0. The summed E-state index contributed by atoms with van der Waals surface area (Å²) in [6, 6.07) is 55.6. The first-order valence-corrected chi connectivity index (χ1v) is 19.3. The fourth-order valence-electron chi connectivity index (χ4n) is 9.27. The predicted molar refractivity (Wildman–Crippen MR) is 257 cm³/mol. The zero-order valence-corrected chi connectivity index (χ0v) is 32.0. The second-order valence-corrected chi connectivity index (χ2v) is 15.0. The molecule has 10 aromatic rings. The number of fused-ring (bicyclic) bond motifs is 6. The van der Waals surface area contributed by atoms with Crippen LogP contribution < -0.4 is 43.7 Å². The average Bonchev–Trinajstić information content (AvgIpc) is 3.82. The van der Waals surface area contributed by atoms with Crippen LogP contribution in [0, 0.1) is 0 Å². The second-order valence-electron chi connectivity index (χ2n) is 15.0. The fraction of sp³-hybridized carbons (Fsp3) is 0.0204. The van der Waals surface area contributed by atoms with Crippen LogP contribution in [0.5, 0.6) is 0 Å². The molecule has 10 rings (SSSR count). The van der Waals surface area contributed by atoms with Crippen LogP contribution in [0.1, 0.15) is 22.3 Å². The van der Waals surface area contributed by atoms with Gasteiger partial charge in [0.1, 0.15) is 62.8 Å². The van der Waals surface area contributed by atoms with Gasteiger partial charge in [0.05, 0.1) is 16.4 Å². The van der Waals surface area contributed by atoms with E-state index in [9.17, 15) is 0 Å². The van der Waals surface area contributed by atoms with E-state index in [2.05, 4.69) is 150 Å². The topological polar surface area (TPSA) is 9.86 Å². The molecule has 59 heavy (non-hydrogen) atoms. The highest BCUT2D eigenvalue weighted by atomic mass is 15.0. The second kappa shape index (κ2) is 14.0. The lowest BCUT2D eigenvalue weighted by molar-refractivity contribution is 0.745. The molecule has 0 N–H and O–H groups in total. The van der Waals surface area contributed by atoms with E-state index in [-0.39, 0.29) is 43.7 Å². The van der Waals surface area contributed by atoms with Crippen molar-refractivity contribution in [1.82, 2.24) is 9.13 Å². The number of benzene rings is 8. The molecular formula is C49H26B8N2. The molecule has 8 aromatic carbocycles. The Labute approximate surface area is 354 Å². The smallest absolute Gasteiger partial charge is 0.115 e. The lowest BCUT2D eigenvalue weighted by Crippen LogP contribution is -2.49. The summed E-state index contributed by atoms with van der Waals surface area (Å²) in [7, 11) is 52.6. The molecule has 2 nitrogen and oxygen atoms in total. The highest BCUT2D eigenvalue weighted by Gasteiger charge is 2.38. The van der Waals surface area contributed by atoms with Gasteiger partial charge in [0.15, 0.2) is 0 Å². The van der Waals surface area contributed by atoms with Crippen LogP contribution in [-0.4, -0.2) is 71.9 Å². The van der Waals surface area contributed by atoms with Gasteiger partial charge in [0, 0.05) is 33.2 Å². The van der Waals surface area contributed by atoms with Crippen LogP contribution in [0.2, 0.25) is 0 Å². The standard InChI is InChI=1S/C49H26B8N2/c50-39-37-38-40(51)42(53)44(55)46(57)48(38)59(47(37)45(56)43(54)41(39)52)32-24-25-36-34(26-32)33-18-10-11-19-35(33)58(36)31-22-20-30(21-23-31)49(27-12-4-1-5-13-27,28-14-6-2-7-15-28)29-16-8-3-9-17-29/h1-26H. The molecule has 0 saturated heterocycles. The lowest BCUT2D eigenvalue weighted by atomic mass is 9.63. The van der Waals surface area contributed by atoms with Crippen molar-refractivity contribution < 1.29 is 0 Å². The maximum atomic E-state index is 6.77. The van der Waals surface area contributed by atoms with Gasteiger partial charge in [-0.25, -0.2) is 0 Å². The van der Waals surface area contributed by atoms with Gasteiger partial charge in [-0.2, -0.15) is 0 Å². The molecule has 0 bridgehead atoms. The van der Waals surface area contributed by atoms with Gasteiger partial charge in [0.25, 0.3) is 0 Å². The van der Waals surface area contributed by atoms with Crippen molar-refractivity contribution in [3.63, 3.8) is 0 Å². The van der Waals surface area contributed by atoms with Crippen molar-refractivity contribution in [1.29, 1.82) is 0 Å². The molecule has 0 aliphatic carbocycles. The van der Waals surface area contributed by atoms with Crippen molar-refractivity contribution in [2.24, 2.45) is 0 Å². The number of para-hydroxylation sites is 1. The minimum atomic E-state index is -0.570. The maximum absolute atomic E-state index is 6.77. The van der Waals surface area contributed by atoms with Gasteiger partial charge in [-0.05, 0) is 69.4 Å². The van der Waals surface area contributed by atoms with E-state index in [4.69, 9.17) is 62.8 Å². The summed E-state index contributed by atoms with van der Waals surface area (Å²) in [6.07, 6.45) is 0. The largest absolute Gasteiger partial charge is 0.311 e. The van der Waals surface area contributed by atoms with Crippen molar-refractivity contribution >= 4 is 150 Å². The molecule has 10 heteroatoms. The van der Waals surface area contributed by atoms with Crippen LogP contribution in [-0.2, 0) is 5.41 Å². The number of rotatable bonds is 6. The first-order chi connectivity index (χ1) is 28.6. The Hall–Kier alpha value is -6.12. The van der Waals surface area contributed by atoms with Gasteiger partial charge >= 0.3 is 0 Å². The maximum Gasteiger partial charge on any atom is 0.115 e. The van der Waals surface area contributed by atoms with E-state index in [1.165, 1.54) is 16.7 Å². The summed E-state index contributed by atoms with van der Waals surface area (Å²) in [5.74, 6) is 0. The molecule has 256 valence electrons. The van der Waals surface area contributed by atoms with Crippen LogP contribution in [0.3, 0.4) is 0 Å². The molecule has 0 saturated carbocycles. The van der Waals surface area contributed by atoms with Crippen molar-refractivity contribution in [3.05, 3.63) is 180 Å². The third kappa shape index (κ3) is 5.31. The van der Waals surface area contributed by atoms with Crippen molar-refractivity contribution in [3.8, 4) is 11.4 Å². The van der Waals surface area contributed by atoms with E-state index in [0.717, 1.165) is 38.7 Å². The molecule has 0 amide bonds. The minimum absolute atomic E-state index is 0.153. The van der Waals surface area contributed by atoms with Crippen LogP contribution in [0.25, 0.3) is 55.0 Å². The summed E-state index contributed by atoms with van der Waals surface area (Å²) in [5, 5.41) is 3.05. The van der Waals surface area contributed by atoms with E-state index in [1.54, 1.807) is 0 Å². The third-order valence-electron chi connectivity index (χ3n) is 12.1. The Balaban J connectivity index is 1.21. The van der Waals surface area contributed by atoms with E-state index in [0.29, 0.717) is 21.8 Å². The SMILES string of the molecule is [B]c1c([B])c([B])c2c(c1[B])c1c([B])c([B])c([B])c([B])c1n2-c1ccc2c(c1)c1ccccc1n2-c1ccc(C(c2ccccc2)(c2ccccc2)c2ccccc2)cc1. The zero-order valence-electron chi connectivity index (χ0n) is 32.0. The van der Waals surface area contributed by atoms with Crippen LogP contribution in [0.15, 0.2) is 158 Å². The average molecular weight is 729 g/mol. The molecule has 0 aliphatic rings. The highest BCUT2D eigenvalue weighted by Crippen LogP contribution is 2.45. The van der Waals surface area contributed by atoms with E-state index >= 15 is 0 Å². The van der Waals surface area contributed by atoms with E-state index < -0.39 is 5.41 Å². The first kappa shape index (κ1) is 37.2. The molecule has 0 aliphatic heterocycles. The molecule has 0 spiro atoms. The Kier molecular flexibility index (Phi) is 8.83. The molecular weight excluding hydrogens is 703 g/mol. The molecule has 2 heterocycles. The lowest BCUT2D eigenvalue weighted by Gasteiger charge is -2.37. The van der Waals surface area contributed by atoms with Crippen LogP contribution in [0.4, 0.5) is 0 Å². The summed E-state index contributed by atoms with van der Waals surface area (Å²) in [6.45, 7) is 0. The number of hydrogen-bond donors (Lipinski definition) is 0.